The van der Waals surface area contributed by atoms with E-state index in [1.54, 1.807) is 0 Å². The van der Waals surface area contributed by atoms with E-state index in [0.29, 0.717) is 5.91 Å². The molecular formula is C21H28N4O2. The van der Waals surface area contributed by atoms with E-state index in [1.807, 2.05) is 34.7 Å². The Morgan fingerprint density at radius 1 is 1.22 bits per heavy atom. The van der Waals surface area contributed by atoms with Crippen molar-refractivity contribution in [3.8, 4) is 0 Å². The van der Waals surface area contributed by atoms with Gasteiger partial charge >= 0.3 is 0 Å². The summed E-state index contributed by atoms with van der Waals surface area (Å²) in [5.41, 5.74) is 8.63. The van der Waals surface area contributed by atoms with E-state index in [1.165, 1.54) is 10.9 Å². The van der Waals surface area contributed by atoms with Crippen LogP contribution in [0.2, 0.25) is 0 Å². The van der Waals surface area contributed by atoms with E-state index in [4.69, 9.17) is 5.73 Å². The standard InChI is InChI=1S/C21H28N4O2/c1-15-17(16-6-3-4-7-18(16)25(15)13-19(22)26)12-24-11-9-21(14-24)8-5-10-23(2)20(21)27/h3-4,6-7H,5,8-14H2,1-2H3,(H2,22,26). The lowest BCUT2D eigenvalue weighted by atomic mass is 9.78. The van der Waals surface area contributed by atoms with Gasteiger partial charge in [0, 0.05) is 43.3 Å². The fourth-order valence-electron chi connectivity index (χ4n) is 5.03. The summed E-state index contributed by atoms with van der Waals surface area (Å²) in [6.45, 7) is 5.69. The average molecular weight is 368 g/mol. The molecule has 0 aliphatic carbocycles. The van der Waals surface area contributed by atoms with Gasteiger partial charge in [-0.3, -0.25) is 14.5 Å². The van der Waals surface area contributed by atoms with Gasteiger partial charge in [-0.15, -0.1) is 0 Å². The molecule has 1 unspecified atom stereocenters. The Bertz CT molecular complexity index is 903. The first kappa shape index (κ1) is 18.0. The number of hydrogen-bond donors (Lipinski definition) is 1. The molecule has 2 saturated heterocycles. The number of piperidine rings is 1. The number of carbonyl (C=O) groups is 2. The predicted molar refractivity (Wildman–Crippen MR) is 105 cm³/mol. The fraction of sp³-hybridized carbons (Fsp3) is 0.524. The monoisotopic (exact) mass is 368 g/mol. The lowest BCUT2D eigenvalue weighted by Gasteiger charge is -2.37. The largest absolute Gasteiger partial charge is 0.368 e. The van der Waals surface area contributed by atoms with Crippen LogP contribution >= 0.6 is 0 Å². The molecule has 2 amide bonds. The molecule has 2 aliphatic rings. The second-order valence-electron chi connectivity index (χ2n) is 8.20. The molecule has 3 heterocycles. The van der Waals surface area contributed by atoms with Gasteiger partial charge in [0.1, 0.15) is 6.54 Å². The van der Waals surface area contributed by atoms with Crippen LogP contribution in [0.15, 0.2) is 24.3 Å². The van der Waals surface area contributed by atoms with E-state index in [2.05, 4.69) is 17.9 Å². The van der Waals surface area contributed by atoms with Gasteiger partial charge < -0.3 is 15.2 Å². The molecule has 144 valence electrons. The minimum Gasteiger partial charge on any atom is -0.368 e. The van der Waals surface area contributed by atoms with Gasteiger partial charge in [0.05, 0.1) is 5.41 Å². The molecule has 0 saturated carbocycles. The van der Waals surface area contributed by atoms with E-state index in [-0.39, 0.29) is 17.9 Å². The van der Waals surface area contributed by atoms with Crippen molar-refractivity contribution in [2.75, 3.05) is 26.7 Å². The zero-order valence-corrected chi connectivity index (χ0v) is 16.2. The third kappa shape index (κ3) is 3.02. The zero-order chi connectivity index (χ0) is 19.2. The van der Waals surface area contributed by atoms with Crippen molar-refractivity contribution in [1.82, 2.24) is 14.4 Å². The van der Waals surface area contributed by atoms with Crippen molar-refractivity contribution in [3.63, 3.8) is 0 Å². The molecule has 1 atom stereocenters. The molecule has 27 heavy (non-hydrogen) atoms. The number of nitrogens with two attached hydrogens (primary N) is 1. The van der Waals surface area contributed by atoms with Crippen LogP contribution in [0.5, 0.6) is 0 Å². The highest BCUT2D eigenvalue weighted by Gasteiger charge is 2.47. The number of amides is 2. The first-order valence-electron chi connectivity index (χ1n) is 9.74. The van der Waals surface area contributed by atoms with E-state index < -0.39 is 0 Å². The summed E-state index contributed by atoms with van der Waals surface area (Å²) in [6, 6.07) is 8.18. The van der Waals surface area contributed by atoms with Crippen LogP contribution in [0.25, 0.3) is 10.9 Å². The first-order valence-corrected chi connectivity index (χ1v) is 9.74. The minimum absolute atomic E-state index is 0.194. The predicted octanol–water partition coefficient (Wildman–Crippen LogP) is 1.88. The Morgan fingerprint density at radius 3 is 2.78 bits per heavy atom. The number of rotatable bonds is 4. The normalized spacial score (nSPS) is 23.6. The van der Waals surface area contributed by atoms with Crippen LogP contribution in [0.1, 0.15) is 30.5 Å². The third-order valence-corrected chi connectivity index (χ3v) is 6.44. The van der Waals surface area contributed by atoms with Gasteiger partial charge in [-0.2, -0.15) is 0 Å². The molecule has 2 N–H and O–H groups in total. The summed E-state index contributed by atoms with van der Waals surface area (Å²) in [5.74, 6) is -0.0227. The molecule has 0 radical (unpaired) electrons. The number of para-hydroxylation sites is 1. The van der Waals surface area contributed by atoms with Crippen LogP contribution in [-0.4, -0.2) is 52.9 Å². The van der Waals surface area contributed by atoms with Crippen molar-refractivity contribution in [1.29, 1.82) is 0 Å². The van der Waals surface area contributed by atoms with Crippen molar-refractivity contribution in [3.05, 3.63) is 35.5 Å². The molecule has 6 heteroatoms. The van der Waals surface area contributed by atoms with Gasteiger partial charge in [0.2, 0.25) is 11.8 Å². The minimum atomic E-state index is -0.332. The molecule has 2 aliphatic heterocycles. The highest BCUT2D eigenvalue weighted by molar-refractivity contribution is 5.87. The SMILES string of the molecule is Cc1c(CN2CCC3(CCCN(C)C3=O)C2)c2ccccc2n1CC(N)=O. The highest BCUT2D eigenvalue weighted by atomic mass is 16.2. The van der Waals surface area contributed by atoms with Crippen molar-refractivity contribution < 1.29 is 9.59 Å². The summed E-state index contributed by atoms with van der Waals surface area (Å²) < 4.78 is 2.01. The summed E-state index contributed by atoms with van der Waals surface area (Å²) >= 11 is 0. The zero-order valence-electron chi connectivity index (χ0n) is 16.2. The quantitative estimate of drug-likeness (QED) is 0.896. The second-order valence-corrected chi connectivity index (χ2v) is 8.20. The molecular weight excluding hydrogens is 340 g/mol. The number of nitrogens with zero attached hydrogens (tertiary/aromatic N) is 3. The van der Waals surface area contributed by atoms with Crippen LogP contribution < -0.4 is 5.73 Å². The Labute approximate surface area is 159 Å². The van der Waals surface area contributed by atoms with Gasteiger partial charge in [-0.05, 0) is 44.4 Å². The van der Waals surface area contributed by atoms with Crippen molar-refractivity contribution in [2.45, 2.75) is 39.3 Å². The molecule has 2 aromatic rings. The highest BCUT2D eigenvalue weighted by Crippen LogP contribution is 2.40. The maximum absolute atomic E-state index is 12.8. The molecule has 1 aromatic heterocycles. The lowest BCUT2D eigenvalue weighted by molar-refractivity contribution is -0.144. The van der Waals surface area contributed by atoms with Gasteiger partial charge in [-0.25, -0.2) is 0 Å². The number of aromatic nitrogens is 1. The number of fused-ring (bicyclic) bond motifs is 1. The Morgan fingerprint density at radius 2 is 2.00 bits per heavy atom. The van der Waals surface area contributed by atoms with Crippen LogP contribution in [0.3, 0.4) is 0 Å². The molecule has 6 nitrogen and oxygen atoms in total. The fourth-order valence-corrected chi connectivity index (χ4v) is 5.03. The Kier molecular flexibility index (Phi) is 4.46. The smallest absolute Gasteiger partial charge is 0.237 e. The molecule has 1 aromatic carbocycles. The first-order chi connectivity index (χ1) is 12.9. The summed E-state index contributed by atoms with van der Waals surface area (Å²) in [5, 5.41) is 1.17. The summed E-state index contributed by atoms with van der Waals surface area (Å²) in [4.78, 5) is 28.6. The van der Waals surface area contributed by atoms with E-state index in [9.17, 15) is 9.59 Å². The maximum Gasteiger partial charge on any atom is 0.237 e. The lowest BCUT2D eigenvalue weighted by Crippen LogP contribution is -2.48. The third-order valence-electron chi connectivity index (χ3n) is 6.44. The molecule has 4 rings (SSSR count). The number of benzene rings is 1. The summed E-state index contributed by atoms with van der Waals surface area (Å²) in [7, 11) is 1.92. The number of likely N-dealkylation sites (tertiary alicyclic amines) is 2. The number of primary amides is 1. The van der Waals surface area contributed by atoms with Crippen molar-refractivity contribution >= 4 is 22.7 Å². The maximum atomic E-state index is 12.8. The van der Waals surface area contributed by atoms with Crippen molar-refractivity contribution in [2.24, 2.45) is 11.1 Å². The molecule has 0 bridgehead atoms. The van der Waals surface area contributed by atoms with Crippen LogP contribution in [-0.2, 0) is 22.7 Å². The van der Waals surface area contributed by atoms with Crippen LogP contribution in [0.4, 0.5) is 0 Å². The van der Waals surface area contributed by atoms with Gasteiger partial charge in [0.15, 0.2) is 0 Å². The molecule has 1 spiro atoms. The van der Waals surface area contributed by atoms with Crippen LogP contribution in [0, 0.1) is 12.3 Å². The van der Waals surface area contributed by atoms with E-state index >= 15 is 0 Å². The number of hydrogen-bond acceptors (Lipinski definition) is 3. The topological polar surface area (TPSA) is 71.6 Å². The van der Waals surface area contributed by atoms with Gasteiger partial charge in [-0.1, -0.05) is 18.2 Å². The summed E-state index contributed by atoms with van der Waals surface area (Å²) in [6.07, 6.45) is 3.03. The second kappa shape index (κ2) is 6.68. The average Bonchev–Trinajstić information content (AvgIpc) is 3.15. The van der Waals surface area contributed by atoms with E-state index in [0.717, 1.165) is 56.7 Å². The Balaban J connectivity index is 1.62. The number of carbonyl (C=O) groups excluding carboxylic acids is 2. The molecule has 2 fully saturated rings. The Hall–Kier alpha value is -2.34. The van der Waals surface area contributed by atoms with Gasteiger partial charge in [0.25, 0.3) is 0 Å².